The predicted octanol–water partition coefficient (Wildman–Crippen LogP) is 3.67. The van der Waals surface area contributed by atoms with Crippen molar-refractivity contribution >= 4 is 17.5 Å². The van der Waals surface area contributed by atoms with Crippen LogP contribution in [0, 0.1) is 18.6 Å². The van der Waals surface area contributed by atoms with E-state index < -0.39 is 41.7 Å². The first-order valence-electron chi connectivity index (χ1n) is 10.6. The van der Waals surface area contributed by atoms with Gasteiger partial charge in [0.2, 0.25) is 5.95 Å². The molecule has 0 bridgehead atoms. The van der Waals surface area contributed by atoms with E-state index in [-0.39, 0.29) is 39.6 Å². The molecule has 0 aliphatic heterocycles. The van der Waals surface area contributed by atoms with Gasteiger partial charge in [0.1, 0.15) is 17.7 Å². The van der Waals surface area contributed by atoms with Gasteiger partial charge >= 0.3 is 0 Å². The number of aliphatic hydroxyl groups is 1. The molecule has 0 radical (unpaired) electrons. The van der Waals surface area contributed by atoms with Crippen LogP contribution in [0.4, 0.5) is 23.5 Å². The Hall–Kier alpha value is -4.19. The molecule has 0 fully saturated rings. The number of aryl methyl sites for hydroxylation is 1. The van der Waals surface area contributed by atoms with Crippen LogP contribution in [0.3, 0.4) is 0 Å². The molecule has 2 aromatic heterocycles. The maximum absolute atomic E-state index is 15.6. The Labute approximate surface area is 202 Å². The first-order valence-corrected chi connectivity index (χ1v) is 10.6. The minimum Gasteiger partial charge on any atom is -0.492 e. The number of hydrogen-bond donors (Lipinski definition) is 3. The minimum atomic E-state index is -3.82. The number of rotatable bonds is 7. The molecular formula is C24H21F4N5O3. The summed E-state index contributed by atoms with van der Waals surface area (Å²) >= 11 is 0. The van der Waals surface area contributed by atoms with Gasteiger partial charge in [0.15, 0.2) is 11.4 Å². The van der Waals surface area contributed by atoms with Gasteiger partial charge in [-0.25, -0.2) is 22.1 Å². The van der Waals surface area contributed by atoms with E-state index in [1.807, 2.05) is 5.32 Å². The normalized spacial score (nSPS) is 12.5. The van der Waals surface area contributed by atoms with Gasteiger partial charge in [-0.15, -0.1) is 5.10 Å². The number of benzene rings is 2. The van der Waals surface area contributed by atoms with Crippen molar-refractivity contribution in [1.82, 2.24) is 19.9 Å². The number of alkyl halides is 2. The number of nitrogens with zero attached hydrogens (tertiary/aromatic N) is 3. The van der Waals surface area contributed by atoms with Gasteiger partial charge in [0, 0.05) is 17.3 Å². The fourth-order valence-electron chi connectivity index (χ4n) is 3.78. The Morgan fingerprint density at radius 1 is 1.17 bits per heavy atom. The van der Waals surface area contributed by atoms with E-state index in [2.05, 4.69) is 10.1 Å². The Kier molecular flexibility index (Phi) is 6.55. The fourth-order valence-corrected chi connectivity index (χ4v) is 3.78. The number of halogens is 4. The Morgan fingerprint density at radius 2 is 1.86 bits per heavy atom. The summed E-state index contributed by atoms with van der Waals surface area (Å²) in [5, 5.41) is 16.0. The van der Waals surface area contributed by atoms with Crippen LogP contribution in [0.2, 0.25) is 0 Å². The summed E-state index contributed by atoms with van der Waals surface area (Å²) in [5.41, 5.74) is 5.55. The zero-order valence-corrected chi connectivity index (χ0v) is 19.1. The molecule has 2 heterocycles. The summed E-state index contributed by atoms with van der Waals surface area (Å²) in [5.74, 6) is -6.44. The van der Waals surface area contributed by atoms with Crippen LogP contribution in [0.1, 0.15) is 27.6 Å². The Morgan fingerprint density at radius 3 is 2.53 bits per heavy atom. The molecule has 4 rings (SSSR count). The number of nitrogens with one attached hydrogen (secondary N) is 1. The number of aromatic nitrogens is 3. The molecule has 4 aromatic rings. The number of nitrogens with two attached hydrogens (primary N) is 1. The second-order valence-corrected chi connectivity index (χ2v) is 8.02. The van der Waals surface area contributed by atoms with Crippen molar-refractivity contribution in [3.8, 4) is 16.9 Å². The number of carbonyl (C=O) groups excluding carboxylic acids is 1. The highest BCUT2D eigenvalue weighted by Crippen LogP contribution is 2.36. The molecule has 1 atom stereocenters. The third-order valence-electron chi connectivity index (χ3n) is 5.62. The maximum atomic E-state index is 15.6. The van der Waals surface area contributed by atoms with Gasteiger partial charge in [-0.1, -0.05) is 24.3 Å². The SMILES string of the molecule is COc1c(-c2ccc(C)c(C(=O)NCC(F)(F)C(O)c3ccc(F)cc3)c2F)ccn2nc(N)nc12. The number of hydrogen-bond acceptors (Lipinski definition) is 6. The quantitative estimate of drug-likeness (QED) is 0.332. The predicted molar refractivity (Wildman–Crippen MR) is 123 cm³/mol. The summed E-state index contributed by atoms with van der Waals surface area (Å²) in [4.78, 5) is 16.9. The number of methoxy groups -OCH3 is 1. The molecule has 4 N–H and O–H groups in total. The molecule has 1 amide bonds. The number of carbonyl (C=O) groups is 1. The number of anilines is 1. The second kappa shape index (κ2) is 9.46. The number of ether oxygens (including phenoxy) is 1. The number of nitrogen functional groups attached to an aromatic ring is 1. The van der Waals surface area contributed by atoms with Crippen molar-refractivity contribution in [2.45, 2.75) is 19.0 Å². The highest BCUT2D eigenvalue weighted by Gasteiger charge is 2.40. The van der Waals surface area contributed by atoms with E-state index in [9.17, 15) is 23.1 Å². The third kappa shape index (κ3) is 4.54. The molecular weight excluding hydrogens is 482 g/mol. The van der Waals surface area contributed by atoms with Gasteiger partial charge < -0.3 is 20.9 Å². The lowest BCUT2D eigenvalue weighted by molar-refractivity contribution is -0.106. The highest BCUT2D eigenvalue weighted by molar-refractivity contribution is 5.97. The van der Waals surface area contributed by atoms with Crippen LogP contribution in [0.25, 0.3) is 16.8 Å². The molecule has 36 heavy (non-hydrogen) atoms. The monoisotopic (exact) mass is 503 g/mol. The van der Waals surface area contributed by atoms with Gasteiger partial charge in [-0.05, 0) is 36.2 Å². The first kappa shape index (κ1) is 24.9. The second-order valence-electron chi connectivity index (χ2n) is 8.02. The molecule has 12 heteroatoms. The van der Waals surface area contributed by atoms with Crippen LogP contribution in [-0.2, 0) is 0 Å². The van der Waals surface area contributed by atoms with E-state index in [4.69, 9.17) is 10.5 Å². The Bertz CT molecular complexity index is 1440. The van der Waals surface area contributed by atoms with Crippen molar-refractivity contribution in [3.05, 3.63) is 77.0 Å². The van der Waals surface area contributed by atoms with Crippen LogP contribution in [0.5, 0.6) is 5.75 Å². The largest absolute Gasteiger partial charge is 0.492 e. The lowest BCUT2D eigenvalue weighted by Gasteiger charge is -2.23. The summed E-state index contributed by atoms with van der Waals surface area (Å²) in [6, 6.07) is 8.24. The lowest BCUT2D eigenvalue weighted by Crippen LogP contribution is -2.41. The van der Waals surface area contributed by atoms with Gasteiger partial charge in [0.05, 0.1) is 19.2 Å². The van der Waals surface area contributed by atoms with Gasteiger partial charge in [-0.2, -0.15) is 4.98 Å². The number of fused-ring (bicyclic) bond motifs is 1. The molecule has 0 aliphatic rings. The molecule has 2 aromatic carbocycles. The number of pyridine rings is 1. The fraction of sp³-hybridized carbons (Fsp3) is 0.208. The zero-order valence-electron chi connectivity index (χ0n) is 19.1. The lowest BCUT2D eigenvalue weighted by atomic mass is 9.97. The van der Waals surface area contributed by atoms with Crippen LogP contribution < -0.4 is 15.8 Å². The van der Waals surface area contributed by atoms with Crippen molar-refractivity contribution in [2.24, 2.45) is 0 Å². The summed E-state index contributed by atoms with van der Waals surface area (Å²) in [7, 11) is 1.35. The van der Waals surface area contributed by atoms with Crippen LogP contribution in [-0.4, -0.2) is 45.2 Å². The maximum Gasteiger partial charge on any atom is 0.294 e. The smallest absolute Gasteiger partial charge is 0.294 e. The molecule has 0 spiro atoms. The Balaban J connectivity index is 1.63. The van der Waals surface area contributed by atoms with E-state index >= 15 is 4.39 Å². The average Bonchev–Trinajstić information content (AvgIpc) is 3.22. The molecule has 188 valence electrons. The van der Waals surface area contributed by atoms with E-state index in [0.717, 1.165) is 24.3 Å². The standard InChI is InChI=1S/C24H21F4N5O3/c1-12-3-8-15(16-9-10-33-21(19(16)36-2)31-23(29)32-33)18(26)17(12)22(35)30-11-24(27,28)20(34)13-4-6-14(25)7-5-13/h3-10,20,34H,11H2,1-2H3,(H2,29,32)(H,30,35). The van der Waals surface area contributed by atoms with E-state index in [0.29, 0.717) is 0 Å². The van der Waals surface area contributed by atoms with Crippen molar-refractivity contribution in [1.29, 1.82) is 0 Å². The average molecular weight is 503 g/mol. The van der Waals surface area contributed by atoms with Crippen molar-refractivity contribution in [2.75, 3.05) is 19.4 Å². The van der Waals surface area contributed by atoms with Crippen molar-refractivity contribution in [3.63, 3.8) is 0 Å². The van der Waals surface area contributed by atoms with E-state index in [1.165, 1.54) is 42.9 Å². The summed E-state index contributed by atoms with van der Waals surface area (Å²) < 4.78 is 64.6. The topological polar surface area (TPSA) is 115 Å². The highest BCUT2D eigenvalue weighted by atomic mass is 19.3. The van der Waals surface area contributed by atoms with Crippen LogP contribution in [0.15, 0.2) is 48.7 Å². The van der Waals surface area contributed by atoms with Crippen molar-refractivity contribution < 1.29 is 32.2 Å². The molecule has 0 saturated heterocycles. The molecule has 0 saturated carbocycles. The number of amides is 1. The third-order valence-corrected chi connectivity index (χ3v) is 5.62. The summed E-state index contributed by atoms with van der Waals surface area (Å²) in [6.45, 7) is 0.161. The van der Waals surface area contributed by atoms with E-state index in [1.54, 1.807) is 0 Å². The first-order chi connectivity index (χ1) is 17.0. The zero-order chi connectivity index (χ0) is 26.2. The van der Waals surface area contributed by atoms with Gasteiger partial charge in [-0.3, -0.25) is 4.79 Å². The molecule has 8 nitrogen and oxygen atoms in total. The minimum absolute atomic E-state index is 0.0290. The molecule has 1 unspecified atom stereocenters. The van der Waals surface area contributed by atoms with Gasteiger partial charge in [0.25, 0.3) is 11.8 Å². The van der Waals surface area contributed by atoms with Crippen LogP contribution >= 0.6 is 0 Å². The number of aliphatic hydroxyl groups excluding tert-OH is 1. The molecule has 0 aliphatic carbocycles. The summed E-state index contributed by atoms with van der Waals surface area (Å²) in [6.07, 6.45) is -0.838.